The van der Waals surface area contributed by atoms with Crippen LogP contribution in [0.1, 0.15) is 19.3 Å². The molecule has 1 aromatic heterocycles. The Hall–Kier alpha value is -0.610. The lowest BCUT2D eigenvalue weighted by molar-refractivity contribution is 0.548. The van der Waals surface area contributed by atoms with Crippen LogP contribution in [-0.4, -0.2) is 30.2 Å². The zero-order valence-corrected chi connectivity index (χ0v) is 10.8. The summed E-state index contributed by atoms with van der Waals surface area (Å²) in [6, 6.07) is 5.62. The Bertz CT molecular complexity index is 361. The Labute approximate surface area is 104 Å². The SMILES string of the molecule is Brc1ccc(N2CC[C@@H](NC3CC3)C2)nc1. The van der Waals surface area contributed by atoms with E-state index in [0.29, 0.717) is 6.04 Å². The van der Waals surface area contributed by atoms with Crippen LogP contribution in [0.2, 0.25) is 0 Å². The van der Waals surface area contributed by atoms with Gasteiger partial charge in [0.05, 0.1) is 0 Å². The summed E-state index contributed by atoms with van der Waals surface area (Å²) in [5, 5.41) is 3.69. The Kier molecular flexibility index (Phi) is 2.86. The molecule has 1 saturated heterocycles. The minimum atomic E-state index is 0.665. The zero-order valence-electron chi connectivity index (χ0n) is 9.19. The molecule has 3 rings (SSSR count). The standard InChI is InChI=1S/C12H16BrN3/c13-9-1-4-12(14-7-9)16-6-5-11(8-16)15-10-2-3-10/h1,4,7,10-11,15H,2-3,5-6,8H2/t11-/m1/s1. The summed E-state index contributed by atoms with van der Waals surface area (Å²) in [6.07, 6.45) is 5.85. The Morgan fingerprint density at radius 1 is 1.25 bits per heavy atom. The van der Waals surface area contributed by atoms with E-state index in [0.717, 1.165) is 29.4 Å². The summed E-state index contributed by atoms with van der Waals surface area (Å²) in [6.45, 7) is 2.23. The van der Waals surface area contributed by atoms with E-state index in [1.54, 1.807) is 0 Å². The van der Waals surface area contributed by atoms with Crippen molar-refractivity contribution in [1.82, 2.24) is 10.3 Å². The van der Waals surface area contributed by atoms with Gasteiger partial charge in [-0.25, -0.2) is 4.98 Å². The highest BCUT2D eigenvalue weighted by molar-refractivity contribution is 9.10. The molecule has 2 heterocycles. The lowest BCUT2D eigenvalue weighted by Crippen LogP contribution is -2.34. The third-order valence-corrected chi connectivity index (χ3v) is 3.74. The number of nitrogens with zero attached hydrogens (tertiary/aromatic N) is 2. The number of nitrogens with one attached hydrogen (secondary N) is 1. The van der Waals surface area contributed by atoms with Crippen LogP contribution in [0.25, 0.3) is 0 Å². The molecule has 0 spiro atoms. The minimum Gasteiger partial charge on any atom is -0.355 e. The van der Waals surface area contributed by atoms with Crippen LogP contribution in [0.5, 0.6) is 0 Å². The molecule has 1 saturated carbocycles. The summed E-state index contributed by atoms with van der Waals surface area (Å²) >= 11 is 3.41. The van der Waals surface area contributed by atoms with Crippen LogP contribution in [0.3, 0.4) is 0 Å². The molecule has 0 unspecified atom stereocenters. The number of anilines is 1. The van der Waals surface area contributed by atoms with Crippen LogP contribution < -0.4 is 10.2 Å². The normalized spacial score (nSPS) is 25.1. The van der Waals surface area contributed by atoms with Crippen LogP contribution in [0.4, 0.5) is 5.82 Å². The van der Waals surface area contributed by atoms with Gasteiger partial charge in [0.15, 0.2) is 0 Å². The monoisotopic (exact) mass is 281 g/mol. The van der Waals surface area contributed by atoms with Crippen molar-refractivity contribution in [1.29, 1.82) is 0 Å². The molecule has 1 aliphatic carbocycles. The molecular weight excluding hydrogens is 266 g/mol. The molecule has 0 bridgehead atoms. The molecule has 1 aliphatic heterocycles. The number of aromatic nitrogens is 1. The van der Waals surface area contributed by atoms with Gasteiger partial charge in [-0.15, -0.1) is 0 Å². The third kappa shape index (κ3) is 2.38. The van der Waals surface area contributed by atoms with Crippen molar-refractivity contribution in [3.8, 4) is 0 Å². The maximum atomic E-state index is 4.44. The van der Waals surface area contributed by atoms with Gasteiger partial charge < -0.3 is 10.2 Å². The molecule has 86 valence electrons. The maximum Gasteiger partial charge on any atom is 0.128 e. The van der Waals surface area contributed by atoms with E-state index in [1.807, 2.05) is 6.20 Å². The van der Waals surface area contributed by atoms with Crippen molar-refractivity contribution in [3.63, 3.8) is 0 Å². The second-order valence-corrected chi connectivity index (χ2v) is 5.62. The molecule has 2 aliphatic rings. The molecule has 4 heteroatoms. The van der Waals surface area contributed by atoms with E-state index in [-0.39, 0.29) is 0 Å². The molecule has 16 heavy (non-hydrogen) atoms. The topological polar surface area (TPSA) is 28.2 Å². The van der Waals surface area contributed by atoms with Crippen LogP contribution >= 0.6 is 15.9 Å². The fraction of sp³-hybridized carbons (Fsp3) is 0.583. The highest BCUT2D eigenvalue weighted by Gasteiger charge is 2.29. The fourth-order valence-corrected chi connectivity index (χ4v) is 2.48. The fourth-order valence-electron chi connectivity index (χ4n) is 2.24. The summed E-state index contributed by atoms with van der Waals surface area (Å²) in [5.74, 6) is 1.10. The molecule has 2 fully saturated rings. The van der Waals surface area contributed by atoms with Crippen LogP contribution in [0, 0.1) is 0 Å². The lowest BCUT2D eigenvalue weighted by Gasteiger charge is -2.17. The summed E-state index contributed by atoms with van der Waals surface area (Å²) in [7, 11) is 0. The first-order valence-electron chi connectivity index (χ1n) is 5.94. The van der Waals surface area contributed by atoms with E-state index in [2.05, 4.69) is 43.3 Å². The van der Waals surface area contributed by atoms with E-state index in [4.69, 9.17) is 0 Å². The maximum absolute atomic E-state index is 4.44. The summed E-state index contributed by atoms with van der Waals surface area (Å²) in [5.41, 5.74) is 0. The minimum absolute atomic E-state index is 0.665. The first-order valence-corrected chi connectivity index (χ1v) is 6.73. The van der Waals surface area contributed by atoms with Crippen LogP contribution in [0.15, 0.2) is 22.8 Å². The molecule has 0 amide bonds. The first-order chi connectivity index (χ1) is 7.81. The van der Waals surface area contributed by atoms with Crippen molar-refractivity contribution in [2.24, 2.45) is 0 Å². The number of halogens is 1. The molecule has 1 N–H and O–H groups in total. The van der Waals surface area contributed by atoms with E-state index in [1.165, 1.54) is 19.3 Å². The smallest absolute Gasteiger partial charge is 0.128 e. The second kappa shape index (κ2) is 4.34. The predicted octanol–water partition coefficient (Wildman–Crippen LogP) is 2.17. The quantitative estimate of drug-likeness (QED) is 0.921. The van der Waals surface area contributed by atoms with Gasteiger partial charge in [0, 0.05) is 35.8 Å². The van der Waals surface area contributed by atoms with Crippen molar-refractivity contribution >= 4 is 21.7 Å². The molecular formula is C12H16BrN3. The van der Waals surface area contributed by atoms with Gasteiger partial charge in [-0.1, -0.05) is 0 Å². The van der Waals surface area contributed by atoms with Crippen molar-refractivity contribution in [3.05, 3.63) is 22.8 Å². The van der Waals surface area contributed by atoms with E-state index in [9.17, 15) is 0 Å². The lowest BCUT2D eigenvalue weighted by atomic mass is 10.2. The number of rotatable bonds is 3. The molecule has 0 aromatic carbocycles. The molecule has 0 radical (unpaired) electrons. The Morgan fingerprint density at radius 2 is 2.12 bits per heavy atom. The molecule has 1 atom stereocenters. The summed E-state index contributed by atoms with van der Waals surface area (Å²) < 4.78 is 1.04. The van der Waals surface area contributed by atoms with E-state index >= 15 is 0 Å². The second-order valence-electron chi connectivity index (χ2n) is 4.71. The van der Waals surface area contributed by atoms with Crippen molar-refractivity contribution in [2.45, 2.75) is 31.3 Å². The van der Waals surface area contributed by atoms with Gasteiger partial charge in [-0.05, 0) is 47.3 Å². The average molecular weight is 282 g/mol. The largest absolute Gasteiger partial charge is 0.355 e. The molecule has 3 nitrogen and oxygen atoms in total. The van der Waals surface area contributed by atoms with Crippen molar-refractivity contribution < 1.29 is 0 Å². The Balaban J connectivity index is 1.61. The van der Waals surface area contributed by atoms with Gasteiger partial charge in [0.1, 0.15) is 5.82 Å². The number of hydrogen-bond donors (Lipinski definition) is 1. The molecule has 1 aromatic rings. The average Bonchev–Trinajstić information content (AvgIpc) is 2.97. The van der Waals surface area contributed by atoms with Gasteiger partial charge >= 0.3 is 0 Å². The first kappa shape index (κ1) is 10.5. The van der Waals surface area contributed by atoms with Crippen LogP contribution in [-0.2, 0) is 0 Å². The Morgan fingerprint density at radius 3 is 2.81 bits per heavy atom. The van der Waals surface area contributed by atoms with Gasteiger partial charge in [0.25, 0.3) is 0 Å². The van der Waals surface area contributed by atoms with Gasteiger partial charge in [-0.2, -0.15) is 0 Å². The van der Waals surface area contributed by atoms with Gasteiger partial charge in [-0.3, -0.25) is 0 Å². The highest BCUT2D eigenvalue weighted by Crippen LogP contribution is 2.24. The number of hydrogen-bond acceptors (Lipinski definition) is 3. The van der Waals surface area contributed by atoms with E-state index < -0.39 is 0 Å². The highest BCUT2D eigenvalue weighted by atomic mass is 79.9. The zero-order chi connectivity index (χ0) is 11.0. The van der Waals surface area contributed by atoms with Crippen molar-refractivity contribution in [2.75, 3.05) is 18.0 Å². The third-order valence-electron chi connectivity index (χ3n) is 3.27. The van der Waals surface area contributed by atoms with Gasteiger partial charge in [0.2, 0.25) is 0 Å². The predicted molar refractivity (Wildman–Crippen MR) is 68.7 cm³/mol. The number of pyridine rings is 1. The summed E-state index contributed by atoms with van der Waals surface area (Å²) in [4.78, 5) is 6.81.